The molecule has 0 bridgehead atoms. The average molecular weight is 310 g/mol. The topological polar surface area (TPSA) is 44.4 Å². The van der Waals surface area contributed by atoms with E-state index >= 15 is 0 Å². The van der Waals surface area contributed by atoms with Gasteiger partial charge in [0.25, 0.3) is 0 Å². The maximum atomic E-state index is 11.9. The van der Waals surface area contributed by atoms with E-state index in [0.717, 1.165) is 19.0 Å². The SMILES string of the molecule is C[C@@H]1CCCN([C@H](C)CNC(=O)Nc2ccccc2Cl)C1. The Balaban J connectivity index is 1.77. The number of carbonyl (C=O) groups excluding carboxylic acids is 1. The quantitative estimate of drug-likeness (QED) is 0.893. The van der Waals surface area contributed by atoms with E-state index in [9.17, 15) is 4.79 Å². The minimum atomic E-state index is -0.208. The van der Waals surface area contributed by atoms with Crippen molar-refractivity contribution in [3.63, 3.8) is 0 Å². The van der Waals surface area contributed by atoms with Crippen LogP contribution in [0.1, 0.15) is 26.7 Å². The molecule has 1 heterocycles. The zero-order chi connectivity index (χ0) is 15.2. The Labute approximate surface area is 131 Å². The van der Waals surface area contributed by atoms with Crippen LogP contribution in [-0.2, 0) is 0 Å². The van der Waals surface area contributed by atoms with E-state index in [-0.39, 0.29) is 6.03 Å². The van der Waals surface area contributed by atoms with Crippen LogP contribution in [0.25, 0.3) is 0 Å². The summed E-state index contributed by atoms with van der Waals surface area (Å²) in [6.45, 7) is 7.33. The Bertz CT molecular complexity index is 480. The number of anilines is 1. The van der Waals surface area contributed by atoms with Crippen LogP contribution >= 0.6 is 11.6 Å². The van der Waals surface area contributed by atoms with Crippen LogP contribution < -0.4 is 10.6 Å². The molecule has 2 atom stereocenters. The van der Waals surface area contributed by atoms with Crippen molar-refractivity contribution < 1.29 is 4.79 Å². The highest BCUT2D eigenvalue weighted by atomic mass is 35.5. The lowest BCUT2D eigenvalue weighted by Crippen LogP contribution is -2.47. The third-order valence-corrected chi connectivity index (χ3v) is 4.32. The van der Waals surface area contributed by atoms with Crippen LogP contribution in [0.3, 0.4) is 0 Å². The van der Waals surface area contributed by atoms with Crippen molar-refractivity contribution in [2.45, 2.75) is 32.7 Å². The van der Waals surface area contributed by atoms with Gasteiger partial charge in [-0.3, -0.25) is 4.90 Å². The van der Waals surface area contributed by atoms with Gasteiger partial charge < -0.3 is 10.6 Å². The standard InChI is InChI=1S/C16H24ClN3O/c1-12-6-5-9-20(11-12)13(2)10-18-16(21)19-15-8-4-3-7-14(15)17/h3-4,7-8,12-13H,5-6,9-11H2,1-2H3,(H2,18,19,21)/t12-,13-/m1/s1. The summed E-state index contributed by atoms with van der Waals surface area (Å²) >= 11 is 6.02. The maximum Gasteiger partial charge on any atom is 0.319 e. The molecule has 21 heavy (non-hydrogen) atoms. The Kier molecular flexibility index (Phi) is 5.88. The highest BCUT2D eigenvalue weighted by molar-refractivity contribution is 6.33. The van der Waals surface area contributed by atoms with Crippen LogP contribution in [-0.4, -0.2) is 36.6 Å². The highest BCUT2D eigenvalue weighted by Crippen LogP contribution is 2.20. The van der Waals surface area contributed by atoms with Gasteiger partial charge in [0.2, 0.25) is 0 Å². The smallest absolute Gasteiger partial charge is 0.319 e. The number of nitrogens with zero attached hydrogens (tertiary/aromatic N) is 1. The number of para-hydroxylation sites is 1. The molecule has 2 N–H and O–H groups in total. The van der Waals surface area contributed by atoms with Gasteiger partial charge >= 0.3 is 6.03 Å². The fourth-order valence-corrected chi connectivity index (χ4v) is 2.91. The molecule has 2 amide bonds. The fourth-order valence-electron chi connectivity index (χ4n) is 2.72. The summed E-state index contributed by atoms with van der Waals surface area (Å²) in [4.78, 5) is 14.4. The molecule has 1 aliphatic heterocycles. The van der Waals surface area contributed by atoms with Crippen molar-refractivity contribution in [1.82, 2.24) is 10.2 Å². The fraction of sp³-hybridized carbons (Fsp3) is 0.562. The normalized spacial score (nSPS) is 20.8. The van der Waals surface area contributed by atoms with E-state index in [1.165, 1.54) is 12.8 Å². The summed E-state index contributed by atoms with van der Waals surface area (Å²) in [5, 5.41) is 6.24. The molecular weight excluding hydrogens is 286 g/mol. The van der Waals surface area contributed by atoms with Gasteiger partial charge in [-0.2, -0.15) is 0 Å². The number of nitrogens with one attached hydrogen (secondary N) is 2. The van der Waals surface area contributed by atoms with Gasteiger partial charge in [0.1, 0.15) is 0 Å². The van der Waals surface area contributed by atoms with Gasteiger partial charge in [0, 0.05) is 19.1 Å². The Hall–Kier alpha value is -1.26. The Morgan fingerprint density at radius 3 is 2.95 bits per heavy atom. The number of amides is 2. The van der Waals surface area contributed by atoms with Gasteiger partial charge in [-0.05, 0) is 44.4 Å². The molecule has 1 saturated heterocycles. The first-order chi connectivity index (χ1) is 10.1. The van der Waals surface area contributed by atoms with Crippen molar-refractivity contribution in [2.75, 3.05) is 25.0 Å². The predicted octanol–water partition coefficient (Wildman–Crippen LogP) is 3.58. The molecule has 116 valence electrons. The first-order valence-electron chi connectivity index (χ1n) is 7.59. The van der Waals surface area contributed by atoms with Crippen molar-refractivity contribution in [3.8, 4) is 0 Å². The van der Waals surface area contributed by atoms with Crippen LogP contribution in [0.2, 0.25) is 5.02 Å². The number of hydrogen-bond acceptors (Lipinski definition) is 2. The minimum absolute atomic E-state index is 0.208. The zero-order valence-electron chi connectivity index (χ0n) is 12.7. The van der Waals surface area contributed by atoms with Crippen LogP contribution in [0.5, 0.6) is 0 Å². The van der Waals surface area contributed by atoms with E-state index in [4.69, 9.17) is 11.6 Å². The minimum Gasteiger partial charge on any atom is -0.336 e. The number of carbonyl (C=O) groups is 1. The lowest BCUT2D eigenvalue weighted by molar-refractivity contribution is 0.138. The first-order valence-corrected chi connectivity index (χ1v) is 7.97. The summed E-state index contributed by atoms with van der Waals surface area (Å²) in [7, 11) is 0. The molecule has 1 fully saturated rings. The monoisotopic (exact) mass is 309 g/mol. The summed E-state index contributed by atoms with van der Waals surface area (Å²) < 4.78 is 0. The molecule has 0 saturated carbocycles. The van der Waals surface area contributed by atoms with Crippen molar-refractivity contribution >= 4 is 23.3 Å². The Morgan fingerprint density at radius 1 is 1.48 bits per heavy atom. The third kappa shape index (κ3) is 4.90. The van der Waals surface area contributed by atoms with Gasteiger partial charge in [0.05, 0.1) is 10.7 Å². The molecule has 0 aromatic heterocycles. The van der Waals surface area contributed by atoms with Crippen molar-refractivity contribution in [2.24, 2.45) is 5.92 Å². The number of rotatable bonds is 4. The summed E-state index contributed by atoms with van der Waals surface area (Å²) in [5.41, 5.74) is 0.635. The summed E-state index contributed by atoms with van der Waals surface area (Å²) in [6.07, 6.45) is 2.56. The van der Waals surface area contributed by atoms with Crippen molar-refractivity contribution in [3.05, 3.63) is 29.3 Å². The zero-order valence-corrected chi connectivity index (χ0v) is 13.5. The number of benzene rings is 1. The van der Waals surface area contributed by atoms with E-state index in [1.807, 2.05) is 12.1 Å². The molecule has 0 spiro atoms. The second kappa shape index (κ2) is 7.66. The lowest BCUT2D eigenvalue weighted by Gasteiger charge is -2.35. The second-order valence-corrected chi connectivity index (χ2v) is 6.31. The average Bonchev–Trinajstić information content (AvgIpc) is 2.47. The summed E-state index contributed by atoms with van der Waals surface area (Å²) in [6, 6.07) is 7.38. The molecule has 0 radical (unpaired) electrons. The van der Waals surface area contributed by atoms with E-state index < -0.39 is 0 Å². The van der Waals surface area contributed by atoms with Crippen LogP contribution in [0, 0.1) is 5.92 Å². The number of halogens is 1. The number of likely N-dealkylation sites (tertiary alicyclic amines) is 1. The molecule has 0 aliphatic carbocycles. The van der Waals surface area contributed by atoms with Gasteiger partial charge in [-0.1, -0.05) is 30.7 Å². The van der Waals surface area contributed by atoms with Crippen LogP contribution in [0.4, 0.5) is 10.5 Å². The van der Waals surface area contributed by atoms with Gasteiger partial charge in [-0.15, -0.1) is 0 Å². The van der Waals surface area contributed by atoms with E-state index in [1.54, 1.807) is 12.1 Å². The largest absolute Gasteiger partial charge is 0.336 e. The molecular formula is C16H24ClN3O. The first kappa shape index (κ1) is 16.1. The lowest BCUT2D eigenvalue weighted by atomic mass is 9.99. The number of urea groups is 1. The summed E-state index contributed by atoms with van der Waals surface area (Å²) in [5.74, 6) is 0.748. The third-order valence-electron chi connectivity index (χ3n) is 3.99. The van der Waals surface area contributed by atoms with E-state index in [2.05, 4.69) is 29.4 Å². The number of hydrogen-bond donors (Lipinski definition) is 2. The van der Waals surface area contributed by atoms with Gasteiger partial charge in [0.15, 0.2) is 0 Å². The highest BCUT2D eigenvalue weighted by Gasteiger charge is 2.21. The molecule has 1 aliphatic rings. The maximum absolute atomic E-state index is 11.9. The Morgan fingerprint density at radius 2 is 2.24 bits per heavy atom. The second-order valence-electron chi connectivity index (χ2n) is 5.91. The molecule has 1 aromatic rings. The molecule has 4 nitrogen and oxygen atoms in total. The van der Waals surface area contributed by atoms with Crippen molar-refractivity contribution in [1.29, 1.82) is 0 Å². The molecule has 2 rings (SSSR count). The molecule has 5 heteroatoms. The van der Waals surface area contributed by atoms with Gasteiger partial charge in [-0.25, -0.2) is 4.79 Å². The van der Waals surface area contributed by atoms with E-state index in [0.29, 0.717) is 23.3 Å². The number of piperidine rings is 1. The molecule has 1 aromatic carbocycles. The van der Waals surface area contributed by atoms with Crippen LogP contribution in [0.15, 0.2) is 24.3 Å². The molecule has 0 unspecified atom stereocenters. The predicted molar refractivity (Wildman–Crippen MR) is 87.9 cm³/mol.